The first-order valence-electron chi connectivity index (χ1n) is 8.82. The third-order valence-electron chi connectivity index (χ3n) is 4.18. The Morgan fingerprint density at radius 3 is 2.26 bits per heavy atom. The van der Waals surface area contributed by atoms with Crippen molar-refractivity contribution in [3.63, 3.8) is 0 Å². The number of benzene rings is 2. The van der Waals surface area contributed by atoms with E-state index in [9.17, 15) is 13.6 Å². The van der Waals surface area contributed by atoms with Gasteiger partial charge in [-0.25, -0.2) is 0 Å². The maximum absolute atomic E-state index is 12.3. The second-order valence-corrected chi connectivity index (χ2v) is 6.47. The zero-order valence-electron chi connectivity index (χ0n) is 15.8. The summed E-state index contributed by atoms with van der Waals surface area (Å²) in [4.78, 5) is 15.5. The summed E-state index contributed by atoms with van der Waals surface area (Å²) in [5, 5.41) is 2.79. The summed E-state index contributed by atoms with van der Waals surface area (Å²) in [7, 11) is 3.99. The molecule has 0 spiro atoms. The van der Waals surface area contributed by atoms with Gasteiger partial charge in [-0.2, -0.15) is 8.78 Å². The van der Waals surface area contributed by atoms with E-state index >= 15 is 0 Å². The lowest BCUT2D eigenvalue weighted by Gasteiger charge is -2.18. The highest BCUT2D eigenvalue weighted by Crippen LogP contribution is 2.17. The third kappa shape index (κ3) is 6.86. The number of anilines is 2. The Kier molecular flexibility index (Phi) is 7.55. The van der Waals surface area contributed by atoms with Crippen LogP contribution < -0.4 is 19.9 Å². The molecule has 0 aromatic heterocycles. The molecule has 0 aliphatic heterocycles. The summed E-state index contributed by atoms with van der Waals surface area (Å²) in [5.41, 5.74) is 2.85. The van der Waals surface area contributed by atoms with Gasteiger partial charge in [-0.15, -0.1) is 0 Å². The minimum Gasteiger partial charge on any atom is -0.435 e. The van der Waals surface area contributed by atoms with E-state index in [2.05, 4.69) is 34.3 Å². The molecule has 2 aromatic rings. The van der Waals surface area contributed by atoms with E-state index < -0.39 is 6.61 Å². The standard InChI is InChI=1S/C20H25F2N3O2/c1-4-25(13-15-5-9-17(10-6-15)24(2)3)14-19(26)23-16-7-11-18(12-8-16)27-20(21)22/h5-12,20H,4,13-14H2,1-3H3,(H,23,26)/p+1. The molecule has 5 nitrogen and oxygen atoms in total. The van der Waals surface area contributed by atoms with Crippen LogP contribution in [0.1, 0.15) is 12.5 Å². The van der Waals surface area contributed by atoms with Gasteiger partial charge >= 0.3 is 6.61 Å². The molecule has 0 saturated carbocycles. The van der Waals surface area contributed by atoms with Gasteiger partial charge in [0.2, 0.25) is 0 Å². The van der Waals surface area contributed by atoms with Gasteiger partial charge in [0.1, 0.15) is 12.3 Å². The number of hydrogen-bond acceptors (Lipinski definition) is 3. The van der Waals surface area contributed by atoms with E-state index in [4.69, 9.17) is 0 Å². The third-order valence-corrected chi connectivity index (χ3v) is 4.18. The highest BCUT2D eigenvalue weighted by molar-refractivity contribution is 5.91. The number of amides is 1. The lowest BCUT2D eigenvalue weighted by Crippen LogP contribution is -3.11. The maximum atomic E-state index is 12.3. The predicted octanol–water partition coefficient (Wildman–Crippen LogP) is 2.40. The molecule has 7 heteroatoms. The van der Waals surface area contributed by atoms with E-state index in [1.807, 2.05) is 25.9 Å². The highest BCUT2D eigenvalue weighted by Gasteiger charge is 2.14. The number of halogens is 2. The molecule has 2 N–H and O–H groups in total. The van der Waals surface area contributed by atoms with Crippen molar-refractivity contribution in [3.8, 4) is 5.75 Å². The number of carbonyl (C=O) groups excluding carboxylic acids is 1. The molecule has 1 unspecified atom stereocenters. The first kappa shape index (κ1) is 20.6. The average molecular weight is 378 g/mol. The first-order chi connectivity index (χ1) is 12.9. The van der Waals surface area contributed by atoms with E-state index in [-0.39, 0.29) is 11.7 Å². The molecule has 0 heterocycles. The number of nitrogens with one attached hydrogen (secondary N) is 2. The molecule has 0 aliphatic rings. The van der Waals surface area contributed by atoms with E-state index in [0.29, 0.717) is 12.2 Å². The quantitative estimate of drug-likeness (QED) is 0.704. The van der Waals surface area contributed by atoms with Crippen LogP contribution in [0.4, 0.5) is 20.2 Å². The normalized spacial score (nSPS) is 11.9. The van der Waals surface area contributed by atoms with E-state index in [1.54, 1.807) is 12.1 Å². The van der Waals surface area contributed by atoms with Crippen molar-refractivity contribution in [2.45, 2.75) is 20.1 Å². The molecule has 1 amide bonds. The summed E-state index contributed by atoms with van der Waals surface area (Å²) in [6.45, 7) is 1.05. The molecule has 0 aliphatic carbocycles. The monoisotopic (exact) mass is 378 g/mol. The summed E-state index contributed by atoms with van der Waals surface area (Å²) in [5.74, 6) is -0.0655. The minimum atomic E-state index is -2.86. The largest absolute Gasteiger partial charge is 0.435 e. The summed E-state index contributed by atoms with van der Waals surface area (Å²) in [6.07, 6.45) is 0. The van der Waals surface area contributed by atoms with Crippen LogP contribution in [0.2, 0.25) is 0 Å². The van der Waals surface area contributed by atoms with Crippen LogP contribution in [0, 0.1) is 0 Å². The number of carbonyl (C=O) groups is 1. The van der Waals surface area contributed by atoms with E-state index in [1.165, 1.54) is 17.7 Å². The topological polar surface area (TPSA) is 46.0 Å². The molecule has 0 saturated heterocycles. The highest BCUT2D eigenvalue weighted by atomic mass is 19.3. The van der Waals surface area contributed by atoms with Crippen LogP contribution in [0.25, 0.3) is 0 Å². The number of nitrogens with zero attached hydrogens (tertiary/aromatic N) is 1. The molecule has 2 rings (SSSR count). The van der Waals surface area contributed by atoms with Gasteiger partial charge in [0.15, 0.2) is 6.54 Å². The molecule has 0 fully saturated rings. The summed E-state index contributed by atoms with van der Waals surface area (Å²) in [6, 6.07) is 14.2. The van der Waals surface area contributed by atoms with Gasteiger partial charge in [0.05, 0.1) is 6.54 Å². The zero-order valence-corrected chi connectivity index (χ0v) is 15.8. The van der Waals surface area contributed by atoms with Crippen molar-refractivity contribution in [1.82, 2.24) is 0 Å². The van der Waals surface area contributed by atoms with Crippen LogP contribution in [0.3, 0.4) is 0 Å². The van der Waals surface area contributed by atoms with Gasteiger partial charge in [-0.05, 0) is 43.3 Å². The predicted molar refractivity (Wildman–Crippen MR) is 103 cm³/mol. The Morgan fingerprint density at radius 2 is 1.74 bits per heavy atom. The molecule has 2 aromatic carbocycles. The molecule has 0 bridgehead atoms. The Labute approximate surface area is 158 Å². The van der Waals surface area contributed by atoms with Gasteiger partial charge in [0.25, 0.3) is 5.91 Å². The SMILES string of the molecule is CC[NH+](CC(=O)Nc1ccc(OC(F)F)cc1)Cc1ccc(N(C)C)cc1. The Hall–Kier alpha value is -2.67. The Balaban J connectivity index is 1.88. The molecule has 0 radical (unpaired) electrons. The lowest BCUT2D eigenvalue weighted by molar-refractivity contribution is -0.903. The van der Waals surface area contributed by atoms with Crippen LogP contribution in [-0.2, 0) is 11.3 Å². The average Bonchev–Trinajstić information content (AvgIpc) is 2.62. The van der Waals surface area contributed by atoms with Gasteiger partial charge in [-0.3, -0.25) is 4.79 Å². The fraction of sp³-hybridized carbons (Fsp3) is 0.350. The van der Waals surface area contributed by atoms with Crippen LogP contribution in [0.5, 0.6) is 5.75 Å². The number of likely N-dealkylation sites (N-methyl/N-ethyl adjacent to an activating group) is 1. The fourth-order valence-corrected chi connectivity index (χ4v) is 2.67. The summed E-state index contributed by atoms with van der Waals surface area (Å²) < 4.78 is 28.6. The van der Waals surface area contributed by atoms with Crippen LogP contribution >= 0.6 is 0 Å². The number of quaternary nitrogens is 1. The van der Waals surface area contributed by atoms with Crippen molar-refractivity contribution in [1.29, 1.82) is 0 Å². The first-order valence-corrected chi connectivity index (χ1v) is 8.82. The minimum absolute atomic E-state index is 0.0602. The molecule has 146 valence electrons. The van der Waals surface area contributed by atoms with Gasteiger partial charge in [-0.1, -0.05) is 12.1 Å². The van der Waals surface area contributed by atoms with Crippen molar-refractivity contribution in [2.75, 3.05) is 37.4 Å². The maximum Gasteiger partial charge on any atom is 0.387 e. The smallest absolute Gasteiger partial charge is 0.387 e. The molecular weight excluding hydrogens is 352 g/mol. The van der Waals surface area contributed by atoms with Gasteiger partial charge < -0.3 is 19.9 Å². The van der Waals surface area contributed by atoms with E-state index in [0.717, 1.165) is 23.7 Å². The van der Waals surface area contributed by atoms with Crippen molar-refractivity contribution in [3.05, 3.63) is 54.1 Å². The Morgan fingerprint density at radius 1 is 1.11 bits per heavy atom. The number of rotatable bonds is 9. The number of ether oxygens (including phenoxy) is 1. The second kappa shape index (κ2) is 9.87. The van der Waals surface area contributed by atoms with Crippen LogP contribution in [-0.4, -0.2) is 39.7 Å². The van der Waals surface area contributed by atoms with Crippen LogP contribution in [0.15, 0.2) is 48.5 Å². The van der Waals surface area contributed by atoms with Crippen molar-refractivity contribution >= 4 is 17.3 Å². The number of alkyl halides is 2. The molecule has 27 heavy (non-hydrogen) atoms. The molecule has 1 atom stereocenters. The zero-order chi connectivity index (χ0) is 19.8. The summed E-state index contributed by atoms with van der Waals surface area (Å²) >= 11 is 0. The van der Waals surface area contributed by atoms with Gasteiger partial charge in [0, 0.05) is 31.0 Å². The molecular formula is C20H26F2N3O2+. The Bertz CT molecular complexity index is 719. The fourth-order valence-electron chi connectivity index (χ4n) is 2.67. The van der Waals surface area contributed by atoms with Crippen molar-refractivity contribution < 1.29 is 23.2 Å². The number of hydrogen-bond donors (Lipinski definition) is 2. The van der Waals surface area contributed by atoms with Crippen molar-refractivity contribution in [2.24, 2.45) is 0 Å². The lowest BCUT2D eigenvalue weighted by atomic mass is 10.2. The second-order valence-electron chi connectivity index (χ2n) is 6.47.